The normalized spacial score (nSPS) is 45.0. The van der Waals surface area contributed by atoms with Gasteiger partial charge in [-0.2, -0.15) is 0 Å². The van der Waals surface area contributed by atoms with Gasteiger partial charge in [-0.1, -0.05) is 39.0 Å². The molecule has 7 atom stereocenters. The summed E-state index contributed by atoms with van der Waals surface area (Å²) >= 11 is 0. The van der Waals surface area contributed by atoms with Gasteiger partial charge in [-0.05, 0) is 79.6 Å². The van der Waals surface area contributed by atoms with Crippen molar-refractivity contribution in [3.8, 4) is 0 Å². The fourth-order valence-corrected chi connectivity index (χ4v) is 8.05. The molecular formula is C28H36N2O3. The second kappa shape index (κ2) is 6.66. The maximum Gasteiger partial charge on any atom is 0.105 e. The molecule has 5 heteroatoms. The van der Waals surface area contributed by atoms with E-state index in [4.69, 9.17) is 4.74 Å². The van der Waals surface area contributed by atoms with E-state index in [0.29, 0.717) is 5.92 Å². The first-order valence-corrected chi connectivity index (χ1v) is 12.3. The average molecular weight is 449 g/mol. The lowest BCUT2D eigenvalue weighted by Gasteiger charge is -2.60. The summed E-state index contributed by atoms with van der Waals surface area (Å²) in [5.74, 6) is 0.321. The lowest BCUT2D eigenvalue weighted by atomic mass is 9.49. The third kappa shape index (κ3) is 2.54. The third-order valence-corrected chi connectivity index (χ3v) is 10.1. The Hall–Kier alpha value is -1.79. The van der Waals surface area contributed by atoms with Crippen molar-refractivity contribution in [2.45, 2.75) is 75.9 Å². The Labute approximate surface area is 196 Å². The topological polar surface area (TPSA) is 65.8 Å². The Balaban J connectivity index is 1.50. The van der Waals surface area contributed by atoms with Crippen LogP contribution in [0.15, 0.2) is 53.9 Å². The molecule has 2 fully saturated rings. The lowest BCUT2D eigenvalue weighted by molar-refractivity contribution is -0.170. The number of aromatic nitrogens is 1. The van der Waals surface area contributed by atoms with E-state index in [9.17, 15) is 10.2 Å². The molecule has 6 rings (SSSR count). The van der Waals surface area contributed by atoms with Crippen molar-refractivity contribution in [3.05, 3.63) is 59.5 Å². The summed E-state index contributed by atoms with van der Waals surface area (Å²) in [6.07, 6.45) is 12.7. The quantitative estimate of drug-likeness (QED) is 0.722. The molecule has 0 amide bonds. The van der Waals surface area contributed by atoms with Crippen molar-refractivity contribution in [3.63, 3.8) is 0 Å². The van der Waals surface area contributed by atoms with Gasteiger partial charge in [0.2, 0.25) is 0 Å². The van der Waals surface area contributed by atoms with Gasteiger partial charge in [-0.15, -0.1) is 0 Å². The van der Waals surface area contributed by atoms with Crippen molar-refractivity contribution >= 4 is 5.57 Å². The van der Waals surface area contributed by atoms with Crippen LogP contribution in [0.1, 0.15) is 52.0 Å². The minimum atomic E-state index is -0.895. The molecule has 33 heavy (non-hydrogen) atoms. The molecule has 1 aromatic rings. The summed E-state index contributed by atoms with van der Waals surface area (Å²) in [6, 6.07) is 4.13. The molecule has 0 aromatic carbocycles. The van der Waals surface area contributed by atoms with E-state index >= 15 is 0 Å². The van der Waals surface area contributed by atoms with Crippen molar-refractivity contribution in [2.24, 2.45) is 16.7 Å². The van der Waals surface area contributed by atoms with E-state index in [1.807, 2.05) is 31.4 Å². The summed E-state index contributed by atoms with van der Waals surface area (Å²) < 4.78 is 7.26. The minimum Gasteiger partial charge on any atom is -0.388 e. The highest BCUT2D eigenvalue weighted by molar-refractivity contribution is 5.75. The van der Waals surface area contributed by atoms with Crippen LogP contribution in [0.5, 0.6) is 0 Å². The monoisotopic (exact) mass is 448 g/mol. The predicted molar refractivity (Wildman–Crippen MR) is 128 cm³/mol. The van der Waals surface area contributed by atoms with Crippen LogP contribution in [0, 0.1) is 16.7 Å². The molecule has 1 aromatic heterocycles. The van der Waals surface area contributed by atoms with E-state index in [1.165, 1.54) is 16.7 Å². The maximum absolute atomic E-state index is 11.2. The largest absolute Gasteiger partial charge is 0.388 e. The van der Waals surface area contributed by atoms with Gasteiger partial charge in [0.15, 0.2) is 0 Å². The van der Waals surface area contributed by atoms with E-state index in [1.54, 1.807) is 0 Å². The minimum absolute atomic E-state index is 0.0809. The first kappa shape index (κ1) is 21.7. The molecule has 0 radical (unpaired) electrons. The molecule has 176 valence electrons. The molecule has 5 aliphatic rings. The zero-order valence-corrected chi connectivity index (χ0v) is 20.4. The molecule has 1 saturated heterocycles. The Morgan fingerprint density at radius 1 is 1.09 bits per heavy atom. The Morgan fingerprint density at radius 3 is 2.52 bits per heavy atom. The highest BCUT2D eigenvalue weighted by Gasteiger charge is 2.70. The van der Waals surface area contributed by atoms with Crippen LogP contribution in [0.3, 0.4) is 0 Å². The van der Waals surface area contributed by atoms with E-state index in [2.05, 4.69) is 56.1 Å². The number of hydrogen-bond acceptors (Lipinski definition) is 5. The van der Waals surface area contributed by atoms with Gasteiger partial charge in [-0.25, -0.2) is 0 Å². The Kier molecular flexibility index (Phi) is 4.38. The number of aliphatic hydroxyl groups excluding tert-OH is 2. The van der Waals surface area contributed by atoms with Crippen LogP contribution in [-0.4, -0.2) is 63.6 Å². The van der Waals surface area contributed by atoms with E-state index < -0.39 is 17.8 Å². The van der Waals surface area contributed by atoms with Crippen LogP contribution >= 0.6 is 0 Å². The number of aliphatic hydroxyl groups is 2. The summed E-state index contributed by atoms with van der Waals surface area (Å²) in [5.41, 5.74) is 3.71. The first-order chi connectivity index (χ1) is 15.6. The second-order valence-electron chi connectivity index (χ2n) is 11.9. The van der Waals surface area contributed by atoms with Gasteiger partial charge in [0.1, 0.15) is 6.10 Å². The smallest absolute Gasteiger partial charge is 0.105 e. The lowest BCUT2D eigenvalue weighted by Crippen LogP contribution is -2.63. The molecule has 3 aliphatic carbocycles. The molecule has 2 N–H and O–H groups in total. The maximum atomic E-state index is 11.2. The van der Waals surface area contributed by atoms with E-state index in [0.717, 1.165) is 31.3 Å². The van der Waals surface area contributed by atoms with Crippen molar-refractivity contribution in [1.82, 2.24) is 9.88 Å². The van der Waals surface area contributed by atoms with Crippen molar-refractivity contribution < 1.29 is 14.9 Å². The van der Waals surface area contributed by atoms with Gasteiger partial charge in [0.05, 0.1) is 17.3 Å². The molecule has 2 bridgehead atoms. The second-order valence-corrected chi connectivity index (χ2v) is 11.9. The SMILES string of the molecule is CN(C)[C@H]1C[C@@]23CC[C@@]4(O2)C(=CC(C)(C)[C@]2(C)C(c5ccncc5)=CCC42)C=C3[C@@H](O)[C@@H]1O. The predicted octanol–water partition coefficient (Wildman–Crippen LogP) is 3.74. The van der Waals surface area contributed by atoms with Crippen molar-refractivity contribution in [2.75, 3.05) is 14.1 Å². The van der Waals surface area contributed by atoms with Gasteiger partial charge in [0, 0.05) is 29.8 Å². The van der Waals surface area contributed by atoms with Crippen LogP contribution in [-0.2, 0) is 4.74 Å². The summed E-state index contributed by atoms with van der Waals surface area (Å²) in [7, 11) is 3.96. The summed E-state index contributed by atoms with van der Waals surface area (Å²) in [5, 5.41) is 22.1. The molecule has 2 spiro atoms. The number of nitrogens with zero attached hydrogens (tertiary/aromatic N) is 2. The molecular weight excluding hydrogens is 412 g/mol. The third-order valence-electron chi connectivity index (χ3n) is 10.1. The number of pyridine rings is 1. The number of hydrogen-bond donors (Lipinski definition) is 2. The number of likely N-dealkylation sites (N-methyl/N-ethyl adjacent to an activating group) is 1. The zero-order valence-electron chi connectivity index (χ0n) is 20.4. The fourth-order valence-electron chi connectivity index (χ4n) is 8.05. The summed E-state index contributed by atoms with van der Waals surface area (Å²) in [6.45, 7) is 7.10. The molecule has 1 unspecified atom stereocenters. The van der Waals surface area contributed by atoms with Crippen LogP contribution in [0.4, 0.5) is 0 Å². The fraction of sp³-hybridized carbons (Fsp3) is 0.607. The standard InChI is InChI=1S/C28H36N2O3/c1-25(2)15-18-14-20-23(31)24(32)21(30(4)5)16-27(20)10-11-28(18,33-27)22-7-6-19(26(22,25)3)17-8-12-29-13-9-17/h6,8-9,12-15,21-24,31-32H,7,10-11,16H2,1-5H3/t21-,22?,23+,24+,26+,27+,28+/m0/s1. The Bertz CT molecular complexity index is 1090. The molecule has 5 nitrogen and oxygen atoms in total. The summed E-state index contributed by atoms with van der Waals surface area (Å²) in [4.78, 5) is 6.27. The molecule has 2 aliphatic heterocycles. The van der Waals surface area contributed by atoms with Crippen LogP contribution in [0.25, 0.3) is 5.57 Å². The number of allylic oxidation sites excluding steroid dienone is 3. The van der Waals surface area contributed by atoms with Gasteiger partial charge >= 0.3 is 0 Å². The molecule has 3 heterocycles. The van der Waals surface area contributed by atoms with Gasteiger partial charge in [-0.3, -0.25) is 4.98 Å². The first-order valence-electron chi connectivity index (χ1n) is 12.3. The molecule has 1 saturated carbocycles. The van der Waals surface area contributed by atoms with Crippen molar-refractivity contribution in [1.29, 1.82) is 0 Å². The number of rotatable bonds is 2. The Morgan fingerprint density at radius 2 is 1.82 bits per heavy atom. The average Bonchev–Trinajstić information content (AvgIpc) is 3.30. The number of ether oxygens (including phenoxy) is 1. The van der Waals surface area contributed by atoms with Gasteiger partial charge in [0.25, 0.3) is 0 Å². The van der Waals surface area contributed by atoms with E-state index in [-0.39, 0.29) is 22.5 Å². The highest BCUT2D eigenvalue weighted by atomic mass is 16.5. The van der Waals surface area contributed by atoms with Gasteiger partial charge < -0.3 is 19.8 Å². The number of fused-ring (bicyclic) bond motifs is 1. The highest BCUT2D eigenvalue weighted by Crippen LogP contribution is 2.71. The van der Waals surface area contributed by atoms with Crippen LogP contribution < -0.4 is 0 Å². The zero-order chi connectivity index (χ0) is 23.4. The van der Waals surface area contributed by atoms with Crippen LogP contribution in [0.2, 0.25) is 0 Å².